The predicted octanol–water partition coefficient (Wildman–Crippen LogP) is 5.02. The SMILES string of the molecule is C=S.CN1CCCC1C(=O)SCCCc1ccccc1.O=CCc1ccccc1. The van der Waals surface area contributed by atoms with Crippen LogP contribution in [0.15, 0.2) is 60.7 Å². The van der Waals surface area contributed by atoms with Crippen molar-refractivity contribution in [2.75, 3.05) is 19.3 Å². The molecule has 0 bridgehead atoms. The largest absolute Gasteiger partial charge is 0.303 e. The number of benzene rings is 2. The molecule has 0 amide bonds. The number of thiocarbonyl (C=S) groups is 1. The Morgan fingerprint density at radius 1 is 1.10 bits per heavy atom. The maximum atomic E-state index is 12.0. The summed E-state index contributed by atoms with van der Waals surface area (Å²) in [6.45, 7) is 1.07. The van der Waals surface area contributed by atoms with Crippen molar-refractivity contribution in [3.8, 4) is 0 Å². The van der Waals surface area contributed by atoms with Crippen molar-refractivity contribution >= 4 is 41.3 Å². The van der Waals surface area contributed by atoms with Crippen LogP contribution in [0, 0.1) is 0 Å². The summed E-state index contributed by atoms with van der Waals surface area (Å²) in [5.41, 5.74) is 2.44. The third-order valence-electron chi connectivity index (χ3n) is 4.65. The number of aryl methyl sites for hydroxylation is 1. The Balaban J connectivity index is 0.000000321. The van der Waals surface area contributed by atoms with E-state index in [9.17, 15) is 9.59 Å². The second-order valence-corrected chi connectivity index (χ2v) is 7.85. The van der Waals surface area contributed by atoms with Gasteiger partial charge in [-0.15, -0.1) is 0 Å². The van der Waals surface area contributed by atoms with Gasteiger partial charge in [0.15, 0.2) is 0 Å². The zero-order chi connectivity index (χ0) is 21.3. The van der Waals surface area contributed by atoms with Crippen molar-refractivity contribution in [1.29, 1.82) is 0 Å². The fourth-order valence-electron chi connectivity index (χ4n) is 3.11. The zero-order valence-electron chi connectivity index (χ0n) is 17.2. The number of hydrogen-bond acceptors (Lipinski definition) is 5. The highest BCUT2D eigenvalue weighted by Gasteiger charge is 2.27. The van der Waals surface area contributed by atoms with E-state index in [-0.39, 0.29) is 6.04 Å². The number of aldehydes is 1. The quantitative estimate of drug-likeness (QED) is 0.351. The van der Waals surface area contributed by atoms with E-state index in [1.165, 1.54) is 17.3 Å². The minimum absolute atomic E-state index is 0.173. The Morgan fingerprint density at radius 3 is 2.21 bits per heavy atom. The Bertz CT molecular complexity index is 695. The molecule has 29 heavy (non-hydrogen) atoms. The van der Waals surface area contributed by atoms with Crippen molar-refractivity contribution in [3.05, 3.63) is 71.8 Å². The van der Waals surface area contributed by atoms with Crippen molar-refractivity contribution in [3.63, 3.8) is 0 Å². The molecule has 0 spiro atoms. The lowest BCUT2D eigenvalue weighted by Crippen LogP contribution is -2.31. The summed E-state index contributed by atoms with van der Waals surface area (Å²) >= 11 is 5.35. The molecule has 2 aromatic rings. The number of likely N-dealkylation sites (tertiary alicyclic amines) is 1. The normalized spacial score (nSPS) is 15.4. The van der Waals surface area contributed by atoms with Crippen LogP contribution in [0.3, 0.4) is 0 Å². The summed E-state index contributed by atoms with van der Waals surface area (Å²) in [4.78, 5) is 24.1. The molecule has 1 saturated heterocycles. The van der Waals surface area contributed by atoms with Gasteiger partial charge in [-0.2, -0.15) is 0 Å². The number of likely N-dealkylation sites (N-methyl/N-ethyl adjacent to an activating group) is 1. The van der Waals surface area contributed by atoms with E-state index in [2.05, 4.69) is 54.3 Å². The highest BCUT2D eigenvalue weighted by atomic mass is 32.2. The fourth-order valence-corrected chi connectivity index (χ4v) is 4.09. The van der Waals surface area contributed by atoms with Crippen LogP contribution in [0.1, 0.15) is 30.4 Å². The fraction of sp³-hybridized carbons (Fsp3) is 0.375. The molecule has 156 valence electrons. The number of rotatable bonds is 7. The molecule has 0 aromatic heterocycles. The van der Waals surface area contributed by atoms with Crippen LogP contribution in [-0.4, -0.2) is 47.6 Å². The molecule has 0 aliphatic carbocycles. The summed E-state index contributed by atoms with van der Waals surface area (Å²) in [7, 11) is 2.06. The van der Waals surface area contributed by atoms with Crippen molar-refractivity contribution in [2.45, 2.75) is 38.1 Å². The van der Waals surface area contributed by atoms with Gasteiger partial charge in [-0.05, 0) is 56.3 Å². The van der Waals surface area contributed by atoms with Crippen LogP contribution in [0.5, 0.6) is 0 Å². The molecule has 1 aliphatic rings. The van der Waals surface area contributed by atoms with Gasteiger partial charge in [-0.3, -0.25) is 9.69 Å². The van der Waals surface area contributed by atoms with Gasteiger partial charge in [-0.25, -0.2) is 0 Å². The van der Waals surface area contributed by atoms with Crippen molar-refractivity contribution < 1.29 is 9.59 Å². The molecular weight excluding hydrogens is 398 g/mol. The standard InChI is InChI=1S/C15H21NOS.C8H8O.CH2S/c1-16-11-5-10-14(16)15(17)18-12-6-9-13-7-3-2-4-8-13;9-7-6-8-4-2-1-3-5-8;1-2/h2-4,7-8,14H,5-6,9-12H2,1H3;1-5,7H,6H2;1H2. The van der Waals surface area contributed by atoms with Gasteiger partial charge in [0.1, 0.15) is 6.29 Å². The Kier molecular flexibility index (Phi) is 13.9. The number of hydrogen-bond donors (Lipinski definition) is 0. The van der Waals surface area contributed by atoms with Crippen LogP contribution >= 0.6 is 24.0 Å². The van der Waals surface area contributed by atoms with Crippen molar-refractivity contribution in [2.24, 2.45) is 0 Å². The number of carbonyl (C=O) groups excluding carboxylic acids is 2. The molecule has 3 rings (SSSR count). The van der Waals surface area contributed by atoms with E-state index in [0.29, 0.717) is 11.5 Å². The monoisotopic (exact) mass is 429 g/mol. The number of thioether (sulfide) groups is 1. The third kappa shape index (κ3) is 10.5. The molecule has 1 fully saturated rings. The van der Waals surface area contributed by atoms with Crippen LogP contribution < -0.4 is 0 Å². The molecule has 1 aliphatic heterocycles. The minimum atomic E-state index is 0.173. The molecule has 1 unspecified atom stereocenters. The molecule has 1 heterocycles. The summed E-state index contributed by atoms with van der Waals surface area (Å²) < 4.78 is 0. The first-order valence-electron chi connectivity index (χ1n) is 9.88. The van der Waals surface area contributed by atoms with Crippen LogP contribution in [-0.2, 0) is 22.4 Å². The topological polar surface area (TPSA) is 37.4 Å². The summed E-state index contributed by atoms with van der Waals surface area (Å²) in [5, 5.41) is 0.364. The maximum Gasteiger partial charge on any atom is 0.206 e. The first-order valence-corrected chi connectivity index (χ1v) is 11.4. The highest BCUT2D eigenvalue weighted by Crippen LogP contribution is 2.21. The van der Waals surface area contributed by atoms with Crippen LogP contribution in [0.2, 0.25) is 0 Å². The molecule has 0 radical (unpaired) electrons. The minimum Gasteiger partial charge on any atom is -0.303 e. The van der Waals surface area contributed by atoms with Gasteiger partial charge in [0.25, 0.3) is 0 Å². The van der Waals surface area contributed by atoms with Gasteiger partial charge < -0.3 is 4.79 Å². The van der Waals surface area contributed by atoms with Gasteiger partial charge in [0.2, 0.25) is 5.12 Å². The van der Waals surface area contributed by atoms with Crippen LogP contribution in [0.25, 0.3) is 0 Å². The highest BCUT2D eigenvalue weighted by molar-refractivity contribution is 8.13. The number of carbonyl (C=O) groups is 2. The predicted molar refractivity (Wildman–Crippen MR) is 129 cm³/mol. The summed E-state index contributed by atoms with van der Waals surface area (Å²) in [6.07, 6.45) is 5.80. The Morgan fingerprint density at radius 2 is 1.69 bits per heavy atom. The van der Waals surface area contributed by atoms with Gasteiger partial charge in [-0.1, -0.05) is 84.6 Å². The van der Waals surface area contributed by atoms with E-state index in [0.717, 1.165) is 49.8 Å². The summed E-state index contributed by atoms with van der Waals surface area (Å²) in [5.74, 6) is 3.78. The molecule has 0 N–H and O–H groups in total. The lowest BCUT2D eigenvalue weighted by atomic mass is 10.1. The first kappa shape index (κ1) is 25.2. The second kappa shape index (κ2) is 16.0. The molecule has 1 atom stereocenters. The first-order chi connectivity index (χ1) is 14.2. The average Bonchev–Trinajstić information content (AvgIpc) is 3.21. The molecule has 0 saturated carbocycles. The molecular formula is C24H31NO2S2. The van der Waals surface area contributed by atoms with Gasteiger partial charge >= 0.3 is 0 Å². The molecule has 5 heteroatoms. The lowest BCUT2D eigenvalue weighted by Gasteiger charge is -2.17. The molecule has 3 nitrogen and oxygen atoms in total. The van der Waals surface area contributed by atoms with Gasteiger partial charge in [0.05, 0.1) is 6.04 Å². The smallest absolute Gasteiger partial charge is 0.206 e. The third-order valence-corrected chi connectivity index (χ3v) is 5.70. The van der Waals surface area contributed by atoms with E-state index in [1.807, 2.05) is 36.4 Å². The lowest BCUT2D eigenvalue weighted by molar-refractivity contribution is -0.114. The molecule has 2 aromatic carbocycles. The Hall–Kier alpha value is -1.82. The zero-order valence-corrected chi connectivity index (χ0v) is 18.8. The van der Waals surface area contributed by atoms with E-state index in [4.69, 9.17) is 0 Å². The van der Waals surface area contributed by atoms with Gasteiger partial charge in [0, 0.05) is 12.2 Å². The average molecular weight is 430 g/mol. The van der Waals surface area contributed by atoms with Crippen molar-refractivity contribution in [1.82, 2.24) is 4.90 Å². The Labute approximate surface area is 184 Å². The van der Waals surface area contributed by atoms with E-state index in [1.54, 1.807) is 0 Å². The van der Waals surface area contributed by atoms with Crippen LogP contribution in [0.4, 0.5) is 0 Å². The van der Waals surface area contributed by atoms with E-state index >= 15 is 0 Å². The summed E-state index contributed by atoms with van der Waals surface area (Å²) in [6, 6.07) is 20.3. The maximum absolute atomic E-state index is 12.0. The second-order valence-electron chi connectivity index (χ2n) is 6.75. The van der Waals surface area contributed by atoms with E-state index < -0.39 is 0 Å². The number of nitrogens with zero attached hydrogens (tertiary/aromatic N) is 1.